The fourth-order valence-electron chi connectivity index (χ4n) is 5.02. The van der Waals surface area contributed by atoms with Crippen molar-refractivity contribution in [2.45, 2.75) is 79.1 Å². The van der Waals surface area contributed by atoms with Crippen molar-refractivity contribution >= 4 is 24.3 Å². The topological polar surface area (TPSA) is 66.0 Å². The number of nitrogens with zero attached hydrogens (tertiary/aromatic N) is 2. The van der Waals surface area contributed by atoms with Crippen molar-refractivity contribution in [3.63, 3.8) is 0 Å². The molecule has 3 aromatic carbocycles. The molecule has 0 saturated heterocycles. The van der Waals surface area contributed by atoms with Gasteiger partial charge in [-0.3, -0.25) is 0 Å². The average Bonchev–Trinajstić information content (AvgIpc) is 3.07. The van der Waals surface area contributed by atoms with E-state index in [9.17, 15) is 10.5 Å². The van der Waals surface area contributed by atoms with E-state index in [1.807, 2.05) is 48.5 Å². The van der Waals surface area contributed by atoms with Crippen LogP contribution in [-0.4, -0.2) is 13.2 Å². The molecule has 4 heteroatoms. The SMILES string of the molecule is CCCCC(CC)COc1cc(/C=C/c2ccc(C#N)cc2)c(OCC(CC)CCCC)cc1/C=C/c1ccc(C#N)cc1. The highest BCUT2D eigenvalue weighted by Gasteiger charge is 2.15. The molecule has 0 spiro atoms. The largest absolute Gasteiger partial charge is 0.493 e. The van der Waals surface area contributed by atoms with Gasteiger partial charge in [0.2, 0.25) is 0 Å². The molecule has 0 aliphatic heterocycles. The molecule has 2 atom stereocenters. The zero-order valence-corrected chi connectivity index (χ0v) is 27.0. The van der Waals surface area contributed by atoms with Crippen LogP contribution in [0.2, 0.25) is 0 Å². The van der Waals surface area contributed by atoms with E-state index in [2.05, 4.69) is 76.3 Å². The summed E-state index contributed by atoms with van der Waals surface area (Å²) < 4.78 is 13.1. The van der Waals surface area contributed by atoms with Gasteiger partial charge >= 0.3 is 0 Å². The first kappa shape index (κ1) is 34.2. The number of hydrogen-bond donors (Lipinski definition) is 0. The van der Waals surface area contributed by atoms with Crippen LogP contribution in [0.5, 0.6) is 11.5 Å². The van der Waals surface area contributed by atoms with Crippen molar-refractivity contribution in [3.8, 4) is 23.6 Å². The second kappa shape index (κ2) is 19.1. The minimum absolute atomic E-state index is 0.503. The van der Waals surface area contributed by atoms with Crippen LogP contribution in [0.4, 0.5) is 0 Å². The second-order valence-corrected chi connectivity index (χ2v) is 11.5. The van der Waals surface area contributed by atoms with Gasteiger partial charge in [-0.1, -0.05) is 115 Å². The molecule has 0 aromatic heterocycles. The Labute approximate surface area is 265 Å². The van der Waals surface area contributed by atoms with Crippen molar-refractivity contribution < 1.29 is 9.47 Å². The Morgan fingerprint density at radius 3 is 1.30 bits per heavy atom. The van der Waals surface area contributed by atoms with Gasteiger partial charge < -0.3 is 9.47 Å². The first-order valence-corrected chi connectivity index (χ1v) is 16.3. The van der Waals surface area contributed by atoms with Crippen molar-refractivity contribution in [3.05, 3.63) is 94.0 Å². The normalized spacial score (nSPS) is 12.6. The number of hydrogen-bond acceptors (Lipinski definition) is 4. The fraction of sp³-hybridized carbons (Fsp3) is 0.400. The van der Waals surface area contributed by atoms with Gasteiger partial charge in [0.25, 0.3) is 0 Å². The molecule has 3 rings (SSSR count). The third kappa shape index (κ3) is 11.1. The Bertz CT molecular complexity index is 1310. The molecule has 0 heterocycles. The average molecular weight is 589 g/mol. The lowest BCUT2D eigenvalue weighted by Crippen LogP contribution is -2.13. The summed E-state index contributed by atoms with van der Waals surface area (Å²) in [5.41, 5.74) is 5.25. The van der Waals surface area contributed by atoms with Crippen molar-refractivity contribution in [1.82, 2.24) is 0 Å². The number of benzene rings is 3. The van der Waals surface area contributed by atoms with Gasteiger partial charge in [0, 0.05) is 11.1 Å². The summed E-state index contributed by atoms with van der Waals surface area (Å²) in [6.07, 6.45) is 17.5. The summed E-state index contributed by atoms with van der Waals surface area (Å²) in [5.74, 6) is 2.66. The van der Waals surface area contributed by atoms with Crippen LogP contribution in [0.1, 0.15) is 112 Å². The molecule has 0 bridgehead atoms. The first-order valence-electron chi connectivity index (χ1n) is 16.3. The molecule has 0 fully saturated rings. The maximum atomic E-state index is 9.19. The highest BCUT2D eigenvalue weighted by molar-refractivity contribution is 5.79. The van der Waals surface area contributed by atoms with E-state index in [1.165, 1.54) is 25.7 Å². The summed E-state index contributed by atoms with van der Waals surface area (Å²) in [7, 11) is 0. The van der Waals surface area contributed by atoms with Crippen LogP contribution < -0.4 is 9.47 Å². The van der Waals surface area contributed by atoms with Gasteiger partial charge in [0.05, 0.1) is 36.5 Å². The third-order valence-electron chi connectivity index (χ3n) is 8.17. The Hall–Kier alpha value is -4.28. The summed E-state index contributed by atoms with van der Waals surface area (Å²) in [4.78, 5) is 0. The first-order chi connectivity index (χ1) is 21.5. The molecular formula is C40H48N2O2. The van der Waals surface area contributed by atoms with Crippen LogP contribution in [0.3, 0.4) is 0 Å². The molecule has 0 saturated carbocycles. The van der Waals surface area contributed by atoms with Crippen molar-refractivity contribution in [2.24, 2.45) is 11.8 Å². The van der Waals surface area contributed by atoms with Gasteiger partial charge in [0.15, 0.2) is 0 Å². The van der Waals surface area contributed by atoms with Crippen LogP contribution >= 0.6 is 0 Å². The molecule has 0 aliphatic carbocycles. The standard InChI is InChI=1S/C40H48N2O2/c1-5-9-11-31(7-3)29-43-39-25-38(24-22-34-15-19-36(28-42)20-16-34)40(44-30-32(8-4)12-10-6-2)26-37(39)23-21-33-13-17-35(27-41)18-14-33/h13-26,31-32H,5-12,29-30H2,1-4H3/b23-21+,24-22+. The summed E-state index contributed by atoms with van der Waals surface area (Å²) in [6.45, 7) is 10.3. The lowest BCUT2D eigenvalue weighted by Gasteiger charge is -2.20. The van der Waals surface area contributed by atoms with E-state index in [1.54, 1.807) is 0 Å². The van der Waals surface area contributed by atoms with Gasteiger partial charge in [0.1, 0.15) is 11.5 Å². The molecule has 2 unspecified atom stereocenters. The van der Waals surface area contributed by atoms with Crippen LogP contribution in [0.25, 0.3) is 24.3 Å². The van der Waals surface area contributed by atoms with Gasteiger partial charge in [-0.25, -0.2) is 0 Å². The zero-order valence-electron chi connectivity index (χ0n) is 27.0. The fourth-order valence-corrected chi connectivity index (χ4v) is 5.02. The predicted molar refractivity (Wildman–Crippen MR) is 184 cm³/mol. The molecule has 230 valence electrons. The molecule has 0 aliphatic rings. The van der Waals surface area contributed by atoms with Crippen molar-refractivity contribution in [2.75, 3.05) is 13.2 Å². The van der Waals surface area contributed by atoms with Gasteiger partial charge in [-0.05, 0) is 72.2 Å². The lowest BCUT2D eigenvalue weighted by atomic mass is 10.00. The minimum atomic E-state index is 0.503. The van der Waals surface area contributed by atoms with E-state index >= 15 is 0 Å². The summed E-state index contributed by atoms with van der Waals surface area (Å²) in [5, 5.41) is 18.4. The lowest BCUT2D eigenvalue weighted by molar-refractivity contribution is 0.227. The molecule has 4 nitrogen and oxygen atoms in total. The van der Waals surface area contributed by atoms with Gasteiger partial charge in [-0.2, -0.15) is 10.5 Å². The molecular weight excluding hydrogens is 540 g/mol. The summed E-state index contributed by atoms with van der Waals surface area (Å²) in [6, 6.07) is 23.8. The van der Waals surface area contributed by atoms with E-state index in [0.717, 1.165) is 59.4 Å². The van der Waals surface area contributed by atoms with E-state index in [0.29, 0.717) is 36.2 Å². The van der Waals surface area contributed by atoms with Crippen LogP contribution in [0, 0.1) is 34.5 Å². The Kier molecular flexibility index (Phi) is 14.8. The smallest absolute Gasteiger partial charge is 0.127 e. The number of rotatable bonds is 18. The number of unbranched alkanes of at least 4 members (excludes halogenated alkanes) is 2. The quantitative estimate of drug-likeness (QED) is 0.139. The Morgan fingerprint density at radius 1 is 0.591 bits per heavy atom. The highest BCUT2D eigenvalue weighted by Crippen LogP contribution is 2.34. The summed E-state index contributed by atoms with van der Waals surface area (Å²) >= 11 is 0. The molecule has 0 N–H and O–H groups in total. The second-order valence-electron chi connectivity index (χ2n) is 11.5. The molecule has 3 aromatic rings. The predicted octanol–water partition coefficient (Wildman–Crippen LogP) is 11.0. The minimum Gasteiger partial charge on any atom is -0.493 e. The third-order valence-corrected chi connectivity index (χ3v) is 8.17. The molecule has 0 radical (unpaired) electrons. The number of ether oxygens (including phenoxy) is 2. The highest BCUT2D eigenvalue weighted by atomic mass is 16.5. The maximum Gasteiger partial charge on any atom is 0.127 e. The Morgan fingerprint density at radius 2 is 0.977 bits per heavy atom. The van der Waals surface area contributed by atoms with Crippen LogP contribution in [0.15, 0.2) is 60.7 Å². The monoisotopic (exact) mass is 588 g/mol. The zero-order chi connectivity index (χ0) is 31.6. The van der Waals surface area contributed by atoms with Crippen LogP contribution in [-0.2, 0) is 0 Å². The van der Waals surface area contributed by atoms with E-state index in [4.69, 9.17) is 9.47 Å². The maximum absolute atomic E-state index is 9.19. The van der Waals surface area contributed by atoms with E-state index in [-0.39, 0.29) is 0 Å². The number of nitriles is 2. The van der Waals surface area contributed by atoms with E-state index < -0.39 is 0 Å². The van der Waals surface area contributed by atoms with Gasteiger partial charge in [-0.15, -0.1) is 0 Å². The molecule has 44 heavy (non-hydrogen) atoms. The molecule has 0 amide bonds. The van der Waals surface area contributed by atoms with Crippen molar-refractivity contribution in [1.29, 1.82) is 10.5 Å². The Balaban J connectivity index is 2.02.